The number of aliphatic hydroxyl groups is 1. The van der Waals surface area contributed by atoms with Crippen molar-refractivity contribution in [1.29, 1.82) is 0 Å². The van der Waals surface area contributed by atoms with Crippen LogP contribution in [0.3, 0.4) is 0 Å². The zero-order chi connectivity index (χ0) is 27.7. The number of piperidine rings is 1. The Labute approximate surface area is 239 Å². The van der Waals surface area contributed by atoms with E-state index in [1.165, 1.54) is 83.5 Å². The molecule has 4 heteroatoms. The van der Waals surface area contributed by atoms with Gasteiger partial charge in [0.15, 0.2) is 0 Å². The summed E-state index contributed by atoms with van der Waals surface area (Å²) in [5.41, 5.74) is 0.184. The lowest BCUT2D eigenvalue weighted by Crippen LogP contribution is -2.63. The lowest BCUT2D eigenvalue weighted by Gasteiger charge is -2.57. The van der Waals surface area contributed by atoms with Crippen LogP contribution in [-0.2, 0) is 0 Å². The van der Waals surface area contributed by atoms with Crippen LogP contribution in [0.1, 0.15) is 132 Å². The van der Waals surface area contributed by atoms with Crippen LogP contribution in [0.5, 0.6) is 0 Å². The van der Waals surface area contributed by atoms with Crippen molar-refractivity contribution in [3.05, 3.63) is 0 Å². The first-order valence-corrected chi connectivity index (χ1v) is 17.5. The van der Waals surface area contributed by atoms with Gasteiger partial charge in [0.05, 0.1) is 0 Å². The summed E-state index contributed by atoms with van der Waals surface area (Å²) < 4.78 is 0. The number of hydrogen-bond donors (Lipinski definition) is 2. The lowest BCUT2D eigenvalue weighted by atomic mass is 9.62. The molecule has 7 atom stereocenters. The smallest absolute Gasteiger partial charge is 0.123 e. The molecule has 0 spiro atoms. The van der Waals surface area contributed by atoms with Gasteiger partial charge in [-0.15, -0.1) is 9.24 Å². The van der Waals surface area contributed by atoms with Crippen LogP contribution in [0.2, 0.25) is 0 Å². The van der Waals surface area contributed by atoms with Gasteiger partial charge in [0.1, 0.15) is 6.23 Å². The van der Waals surface area contributed by atoms with E-state index in [9.17, 15) is 5.11 Å². The maximum absolute atomic E-state index is 11.8. The van der Waals surface area contributed by atoms with E-state index < -0.39 is 6.23 Å². The normalized spacial score (nSPS) is 41.5. The predicted molar refractivity (Wildman–Crippen MR) is 167 cm³/mol. The average Bonchev–Trinajstić information content (AvgIpc) is 2.89. The molecule has 0 aromatic heterocycles. The summed E-state index contributed by atoms with van der Waals surface area (Å²) >= 11 is 0. The molecule has 0 bridgehead atoms. The Balaban J connectivity index is 1.35. The second kappa shape index (κ2) is 13.1. The Morgan fingerprint density at radius 1 is 0.842 bits per heavy atom. The molecule has 1 aliphatic heterocycles. The van der Waals surface area contributed by atoms with Crippen LogP contribution in [0.15, 0.2) is 0 Å². The molecule has 222 valence electrons. The molecule has 3 nitrogen and oxygen atoms in total. The van der Waals surface area contributed by atoms with Crippen molar-refractivity contribution in [2.75, 3.05) is 13.1 Å². The minimum Gasteiger partial charge on any atom is -0.377 e. The first-order chi connectivity index (χ1) is 17.9. The number of aliphatic hydroxyl groups excluding tert-OH is 1. The van der Waals surface area contributed by atoms with Crippen molar-refractivity contribution in [2.45, 2.75) is 155 Å². The summed E-state index contributed by atoms with van der Waals surface area (Å²) in [6.07, 6.45) is 17.8. The number of rotatable bonds is 8. The number of hydrogen-bond acceptors (Lipinski definition) is 3. The fourth-order valence-corrected chi connectivity index (χ4v) is 9.91. The highest BCUT2D eigenvalue weighted by molar-refractivity contribution is 7.19. The highest BCUT2D eigenvalue weighted by Gasteiger charge is 2.51. The van der Waals surface area contributed by atoms with Gasteiger partial charge in [-0.05, 0) is 104 Å². The molecule has 0 amide bonds. The molecule has 0 aromatic rings. The second-order valence-corrected chi connectivity index (χ2v) is 17.0. The van der Waals surface area contributed by atoms with E-state index in [1.807, 2.05) is 0 Å². The molecule has 0 aromatic carbocycles. The maximum Gasteiger partial charge on any atom is 0.123 e. The molecule has 3 saturated carbocycles. The molecule has 1 saturated heterocycles. The Morgan fingerprint density at radius 3 is 2.03 bits per heavy atom. The summed E-state index contributed by atoms with van der Waals surface area (Å²) in [7, 11) is 3.37. The van der Waals surface area contributed by atoms with Gasteiger partial charge in [0.2, 0.25) is 0 Å². The van der Waals surface area contributed by atoms with E-state index in [2.05, 4.69) is 67.9 Å². The highest BCUT2D eigenvalue weighted by atomic mass is 31.0. The van der Waals surface area contributed by atoms with E-state index in [4.69, 9.17) is 0 Å². The van der Waals surface area contributed by atoms with E-state index in [-0.39, 0.29) is 11.5 Å². The highest BCUT2D eigenvalue weighted by Crippen LogP contribution is 2.54. The van der Waals surface area contributed by atoms with Gasteiger partial charge in [-0.2, -0.15) is 0 Å². The van der Waals surface area contributed by atoms with Gasteiger partial charge < -0.3 is 10.4 Å². The van der Waals surface area contributed by atoms with Crippen molar-refractivity contribution in [2.24, 2.45) is 46.8 Å². The Hall–Kier alpha value is 0.310. The van der Waals surface area contributed by atoms with Crippen molar-refractivity contribution < 1.29 is 5.11 Å². The summed E-state index contributed by atoms with van der Waals surface area (Å²) in [5.74, 6) is 5.74. The van der Waals surface area contributed by atoms with Gasteiger partial charge in [0, 0.05) is 25.2 Å². The van der Waals surface area contributed by atoms with Crippen LogP contribution in [0.25, 0.3) is 0 Å². The van der Waals surface area contributed by atoms with Crippen molar-refractivity contribution in [3.63, 3.8) is 0 Å². The van der Waals surface area contributed by atoms with Crippen LogP contribution in [-0.4, -0.2) is 46.6 Å². The zero-order valence-corrected chi connectivity index (χ0v) is 27.5. The number of likely N-dealkylation sites (tertiary alicyclic amines) is 1. The zero-order valence-electron chi connectivity index (χ0n) is 26.4. The van der Waals surface area contributed by atoms with Crippen molar-refractivity contribution in [3.8, 4) is 0 Å². The Morgan fingerprint density at radius 2 is 1.45 bits per heavy atom. The van der Waals surface area contributed by atoms with Gasteiger partial charge in [-0.1, -0.05) is 80.1 Å². The molecule has 4 aliphatic rings. The van der Waals surface area contributed by atoms with Crippen LogP contribution in [0, 0.1) is 46.8 Å². The summed E-state index contributed by atoms with van der Waals surface area (Å²) in [5, 5.41) is 16.2. The predicted octanol–water partition coefficient (Wildman–Crippen LogP) is 8.11. The summed E-state index contributed by atoms with van der Waals surface area (Å²) in [6, 6.07) is 0.606. The fourth-order valence-electron chi connectivity index (χ4n) is 9.35. The van der Waals surface area contributed by atoms with Gasteiger partial charge >= 0.3 is 0 Å². The largest absolute Gasteiger partial charge is 0.377 e. The molecule has 38 heavy (non-hydrogen) atoms. The van der Waals surface area contributed by atoms with E-state index in [0.717, 1.165) is 48.6 Å². The van der Waals surface area contributed by atoms with Crippen LogP contribution < -0.4 is 5.32 Å². The third-order valence-corrected chi connectivity index (χ3v) is 14.0. The topological polar surface area (TPSA) is 35.5 Å². The van der Waals surface area contributed by atoms with Gasteiger partial charge in [-0.3, -0.25) is 4.90 Å². The van der Waals surface area contributed by atoms with E-state index in [0.29, 0.717) is 17.1 Å². The number of nitrogens with one attached hydrogen (secondary N) is 1. The molecular weight excluding hydrogens is 483 g/mol. The average molecular weight is 549 g/mol. The molecular formula is C34H65N2OP. The molecule has 2 N–H and O–H groups in total. The quantitative estimate of drug-likeness (QED) is 0.301. The van der Waals surface area contributed by atoms with E-state index in [1.54, 1.807) is 0 Å². The first kappa shape index (κ1) is 31.3. The molecule has 3 aliphatic carbocycles. The second-order valence-electron chi connectivity index (χ2n) is 15.9. The third kappa shape index (κ3) is 7.02. The van der Waals surface area contributed by atoms with Crippen LogP contribution >= 0.6 is 9.24 Å². The summed E-state index contributed by atoms with van der Waals surface area (Å²) in [6.45, 7) is 18.9. The third-order valence-electron chi connectivity index (χ3n) is 12.5. The molecule has 5 unspecified atom stereocenters. The van der Waals surface area contributed by atoms with Crippen molar-refractivity contribution >= 4 is 9.24 Å². The number of nitrogens with zero attached hydrogens (tertiary/aromatic N) is 1. The van der Waals surface area contributed by atoms with Gasteiger partial charge in [-0.25, -0.2) is 0 Å². The molecule has 4 rings (SSSR count). The van der Waals surface area contributed by atoms with Gasteiger partial charge in [0.25, 0.3) is 0 Å². The SMILES string of the molecule is CC1CCC(C2CCCC(C(C)N[C@H](C(C)C)C(O)N3CC[C@](P)(C4CCC(C)CC4)C(C)(C)C3)C2)CC1. The summed E-state index contributed by atoms with van der Waals surface area (Å²) in [4.78, 5) is 2.44. The monoisotopic (exact) mass is 548 g/mol. The maximum atomic E-state index is 11.8. The van der Waals surface area contributed by atoms with E-state index >= 15 is 0 Å². The van der Waals surface area contributed by atoms with Crippen LogP contribution in [0.4, 0.5) is 0 Å². The van der Waals surface area contributed by atoms with Crippen molar-refractivity contribution in [1.82, 2.24) is 10.2 Å². The fraction of sp³-hybridized carbons (Fsp3) is 1.00. The Kier molecular flexibility index (Phi) is 10.8. The molecule has 1 heterocycles. The Bertz CT molecular complexity index is 726. The lowest BCUT2D eigenvalue weighted by molar-refractivity contribution is -0.0891. The first-order valence-electron chi connectivity index (χ1n) is 16.9. The minimum absolute atomic E-state index is 0.129. The molecule has 4 fully saturated rings. The minimum atomic E-state index is -0.406. The standard InChI is InChI=1S/C34H65N2OP/c1-23(2)31(35-26(5)28-9-8-10-29(21-28)27-15-11-24(3)12-16-27)32(37)36-20-19-34(38,33(6,7)22-36)30-17-13-25(4)14-18-30/h23-32,35,37H,8-22,38H2,1-7H3/t24?,25?,26?,27?,28?,29?,30?,31-,32?,34+/m1/s1. The molecule has 0 radical (unpaired) electrons.